The van der Waals surface area contributed by atoms with Crippen molar-refractivity contribution in [1.29, 1.82) is 0 Å². The molecule has 6 rings (SSSR count). The van der Waals surface area contributed by atoms with Crippen LogP contribution >= 0.6 is 11.6 Å². The number of likely N-dealkylation sites (N-methyl/N-ethyl adjacent to an activating group) is 1. The van der Waals surface area contributed by atoms with Crippen LogP contribution in [0.15, 0.2) is 60.2 Å². The number of halogens is 2. The molecule has 240 valence electrons. The molecule has 0 radical (unpaired) electrons. The summed E-state index contributed by atoms with van der Waals surface area (Å²) in [7, 11) is 2.06. The topological polar surface area (TPSA) is 93.3 Å². The Hall–Kier alpha value is -3.67. The van der Waals surface area contributed by atoms with Crippen molar-refractivity contribution in [3.63, 3.8) is 0 Å². The van der Waals surface area contributed by atoms with Gasteiger partial charge in [-0.2, -0.15) is 0 Å². The van der Waals surface area contributed by atoms with Gasteiger partial charge < -0.3 is 30.1 Å². The number of amides is 3. The van der Waals surface area contributed by atoms with E-state index in [1.807, 2.05) is 36.1 Å². The molecule has 4 aliphatic rings. The Morgan fingerprint density at radius 1 is 1.20 bits per heavy atom. The predicted octanol–water partition coefficient (Wildman–Crippen LogP) is 3.83. The van der Waals surface area contributed by atoms with E-state index >= 15 is 0 Å². The van der Waals surface area contributed by atoms with Crippen LogP contribution in [0, 0.1) is 5.82 Å². The Morgan fingerprint density at radius 2 is 2.04 bits per heavy atom. The molecule has 2 fully saturated rings. The van der Waals surface area contributed by atoms with Crippen LogP contribution in [0.1, 0.15) is 37.8 Å². The molecule has 1 aromatic heterocycles. The minimum atomic E-state index is -1.06. The minimum absolute atomic E-state index is 0.0453. The summed E-state index contributed by atoms with van der Waals surface area (Å²) >= 11 is 6.40. The van der Waals surface area contributed by atoms with E-state index in [0.717, 1.165) is 42.8 Å². The van der Waals surface area contributed by atoms with E-state index in [0.29, 0.717) is 50.6 Å². The summed E-state index contributed by atoms with van der Waals surface area (Å²) in [6, 6.07) is 6.37. The first-order chi connectivity index (χ1) is 21.7. The number of aromatic nitrogens is 1. The van der Waals surface area contributed by atoms with E-state index in [1.54, 1.807) is 17.3 Å². The standard InChI is InChI=1S/C33H41ClFN7O3/c1-4-26-21-40(32(44)42-14-9-22-17-24(35)18-27(34)30(22)42)15-16-41(26)28-8-11-33(45-5-2,23-7-6-12-36-19-23)38-29(28)31(43)37-25-10-13-39(3)20-25/h6-8,11-12,17-19,25-26,38H,4-5,9-10,13-16,20-21H2,1-3H3,(H,37,43)/t25-,26+,33?/m0/s1. The third-order valence-electron chi connectivity index (χ3n) is 9.21. The number of ether oxygens (including phenoxy) is 1. The highest BCUT2D eigenvalue weighted by atomic mass is 35.5. The summed E-state index contributed by atoms with van der Waals surface area (Å²) in [5.74, 6) is -0.585. The van der Waals surface area contributed by atoms with Crippen LogP contribution in [0.2, 0.25) is 5.02 Å². The molecule has 1 unspecified atom stereocenters. The van der Waals surface area contributed by atoms with Crippen LogP contribution in [0.5, 0.6) is 0 Å². The van der Waals surface area contributed by atoms with Gasteiger partial charge in [-0.25, -0.2) is 9.18 Å². The van der Waals surface area contributed by atoms with Crippen LogP contribution in [0.25, 0.3) is 0 Å². The number of likely N-dealkylation sites (tertiary alicyclic amines) is 1. The van der Waals surface area contributed by atoms with Crippen LogP contribution in [0.3, 0.4) is 0 Å². The largest absolute Gasteiger partial charge is 0.363 e. The first-order valence-corrected chi connectivity index (χ1v) is 16.2. The monoisotopic (exact) mass is 637 g/mol. The van der Waals surface area contributed by atoms with Gasteiger partial charge >= 0.3 is 6.03 Å². The maximum atomic E-state index is 14.1. The summed E-state index contributed by atoms with van der Waals surface area (Å²) in [5, 5.41) is 6.99. The molecule has 4 aliphatic heterocycles. The first-order valence-electron chi connectivity index (χ1n) is 15.8. The number of urea groups is 1. The predicted molar refractivity (Wildman–Crippen MR) is 171 cm³/mol. The molecule has 3 atom stereocenters. The zero-order chi connectivity index (χ0) is 31.7. The van der Waals surface area contributed by atoms with Crippen LogP contribution < -0.4 is 15.5 Å². The van der Waals surface area contributed by atoms with Gasteiger partial charge in [0, 0.05) is 69.4 Å². The van der Waals surface area contributed by atoms with Crippen molar-refractivity contribution in [3.05, 3.63) is 82.2 Å². The van der Waals surface area contributed by atoms with Crippen molar-refractivity contribution >= 4 is 29.2 Å². The van der Waals surface area contributed by atoms with Crippen molar-refractivity contribution in [1.82, 2.24) is 30.3 Å². The molecule has 1 aromatic carbocycles. The molecule has 0 bridgehead atoms. The number of benzene rings is 1. The Balaban J connectivity index is 1.28. The lowest BCUT2D eigenvalue weighted by molar-refractivity contribution is -0.120. The second kappa shape index (κ2) is 13.0. The number of hydrogen-bond donors (Lipinski definition) is 2. The number of nitrogens with zero attached hydrogens (tertiary/aromatic N) is 5. The number of allylic oxidation sites excluding steroid dienone is 1. The quantitative estimate of drug-likeness (QED) is 0.477. The molecular weight excluding hydrogens is 597 g/mol. The van der Waals surface area contributed by atoms with E-state index < -0.39 is 11.5 Å². The number of rotatable bonds is 7. The van der Waals surface area contributed by atoms with E-state index in [4.69, 9.17) is 16.3 Å². The molecular formula is C33H41ClFN7O3. The number of fused-ring (bicyclic) bond motifs is 1. The van der Waals surface area contributed by atoms with Crippen molar-refractivity contribution in [2.75, 3.05) is 57.8 Å². The normalized spacial score (nSPS) is 25.0. The van der Waals surface area contributed by atoms with Gasteiger partial charge in [0.2, 0.25) is 0 Å². The van der Waals surface area contributed by atoms with Crippen molar-refractivity contribution in [2.45, 2.75) is 50.9 Å². The lowest BCUT2D eigenvalue weighted by Crippen LogP contribution is -2.58. The molecule has 2 saturated heterocycles. The molecule has 5 heterocycles. The zero-order valence-corrected chi connectivity index (χ0v) is 26.8. The number of dihydropyridines is 1. The van der Waals surface area contributed by atoms with E-state index in [2.05, 4.69) is 39.4 Å². The van der Waals surface area contributed by atoms with Crippen molar-refractivity contribution in [2.24, 2.45) is 0 Å². The summed E-state index contributed by atoms with van der Waals surface area (Å²) in [4.78, 5) is 40.1. The fourth-order valence-electron chi connectivity index (χ4n) is 6.95. The molecule has 2 N–H and O–H groups in total. The molecule has 0 saturated carbocycles. The van der Waals surface area contributed by atoms with Gasteiger partial charge in [0.05, 0.1) is 16.4 Å². The van der Waals surface area contributed by atoms with Crippen molar-refractivity contribution < 1.29 is 18.7 Å². The van der Waals surface area contributed by atoms with Crippen LogP contribution in [0.4, 0.5) is 14.9 Å². The third-order valence-corrected chi connectivity index (χ3v) is 9.49. The van der Waals surface area contributed by atoms with E-state index in [9.17, 15) is 14.0 Å². The Kier molecular flexibility index (Phi) is 9.03. The second-order valence-electron chi connectivity index (χ2n) is 12.1. The van der Waals surface area contributed by atoms with Crippen LogP contribution in [-0.4, -0.2) is 96.6 Å². The van der Waals surface area contributed by atoms with Gasteiger partial charge in [0.15, 0.2) is 5.72 Å². The van der Waals surface area contributed by atoms with Gasteiger partial charge in [0.1, 0.15) is 11.5 Å². The van der Waals surface area contributed by atoms with Gasteiger partial charge in [-0.15, -0.1) is 0 Å². The average Bonchev–Trinajstić information content (AvgIpc) is 3.66. The zero-order valence-electron chi connectivity index (χ0n) is 26.1. The number of carbonyl (C=O) groups is 2. The molecule has 0 aliphatic carbocycles. The molecule has 45 heavy (non-hydrogen) atoms. The molecule has 2 aromatic rings. The number of carbonyl (C=O) groups excluding carboxylic acids is 2. The van der Waals surface area contributed by atoms with Gasteiger partial charge in [0.25, 0.3) is 5.91 Å². The van der Waals surface area contributed by atoms with E-state index in [-0.39, 0.29) is 29.0 Å². The number of pyridine rings is 1. The SMILES string of the molecule is CCOC1(c2cccnc2)C=CC(N2CCN(C(=O)N3CCc4cc(F)cc(Cl)c43)C[C@H]2CC)=C(C(=O)N[C@H]2CCN(C)C2)N1. The van der Waals surface area contributed by atoms with Crippen LogP contribution in [-0.2, 0) is 21.7 Å². The summed E-state index contributed by atoms with van der Waals surface area (Å²) < 4.78 is 20.3. The van der Waals surface area contributed by atoms with Gasteiger partial charge in [-0.3, -0.25) is 14.7 Å². The smallest absolute Gasteiger partial charge is 0.324 e. The fraction of sp³-hybridized carbons (Fsp3) is 0.485. The molecule has 12 heteroatoms. The molecule has 0 spiro atoms. The third kappa shape index (κ3) is 6.13. The molecule has 10 nitrogen and oxygen atoms in total. The highest BCUT2D eigenvalue weighted by molar-refractivity contribution is 6.34. The number of hydrogen-bond acceptors (Lipinski definition) is 7. The van der Waals surface area contributed by atoms with Gasteiger partial charge in [-0.05, 0) is 75.7 Å². The summed E-state index contributed by atoms with van der Waals surface area (Å²) in [6.45, 7) is 8.06. The average molecular weight is 638 g/mol. The summed E-state index contributed by atoms with van der Waals surface area (Å²) in [6.07, 6.45) is 9.58. The fourth-order valence-corrected chi connectivity index (χ4v) is 7.28. The lowest BCUT2D eigenvalue weighted by atomic mass is 9.97. The number of anilines is 1. The molecule has 3 amide bonds. The highest BCUT2D eigenvalue weighted by Crippen LogP contribution is 2.38. The maximum Gasteiger partial charge on any atom is 0.324 e. The minimum Gasteiger partial charge on any atom is -0.363 e. The lowest BCUT2D eigenvalue weighted by Gasteiger charge is -2.46. The van der Waals surface area contributed by atoms with Crippen molar-refractivity contribution in [3.8, 4) is 0 Å². The Morgan fingerprint density at radius 3 is 2.76 bits per heavy atom. The second-order valence-corrected chi connectivity index (χ2v) is 12.5. The van der Waals surface area contributed by atoms with Gasteiger partial charge in [-0.1, -0.05) is 24.6 Å². The Bertz CT molecular complexity index is 1500. The number of nitrogens with one attached hydrogen (secondary N) is 2. The summed E-state index contributed by atoms with van der Waals surface area (Å²) in [5.41, 5.74) is 2.28. The van der Waals surface area contributed by atoms with E-state index in [1.165, 1.54) is 12.1 Å². The maximum absolute atomic E-state index is 14.1. The first kappa shape index (κ1) is 31.3. The highest BCUT2D eigenvalue weighted by Gasteiger charge is 2.41. The Labute approximate surface area is 268 Å². The number of piperazine rings is 1.